The lowest BCUT2D eigenvalue weighted by Gasteiger charge is -2.22. The first-order valence-electron chi connectivity index (χ1n) is 4.09. The van der Waals surface area contributed by atoms with Crippen LogP contribution in [0, 0.1) is 5.92 Å². The van der Waals surface area contributed by atoms with Gasteiger partial charge in [0.25, 0.3) is 6.69 Å². The van der Waals surface area contributed by atoms with Crippen molar-refractivity contribution in [1.29, 1.82) is 0 Å². The van der Waals surface area contributed by atoms with Gasteiger partial charge in [-0.1, -0.05) is 18.2 Å². The molecule has 0 spiro atoms. The molecule has 0 aliphatic heterocycles. The van der Waals surface area contributed by atoms with Crippen LogP contribution in [0.2, 0.25) is 6.55 Å². The van der Waals surface area contributed by atoms with Crippen molar-refractivity contribution >= 4 is 28.9 Å². The number of allylic oxidation sites excluding steroid dienone is 2. The summed E-state index contributed by atoms with van der Waals surface area (Å²) in [6.07, 6.45) is 5.95. The van der Waals surface area contributed by atoms with Crippen molar-refractivity contribution in [1.82, 2.24) is 0 Å². The van der Waals surface area contributed by atoms with Crippen molar-refractivity contribution in [2.75, 3.05) is 0 Å². The third-order valence-electron chi connectivity index (χ3n) is 2.16. The van der Waals surface area contributed by atoms with E-state index in [1.807, 2.05) is 6.55 Å². The zero-order chi connectivity index (χ0) is 8.48. The van der Waals surface area contributed by atoms with Gasteiger partial charge in [-0.2, -0.15) is 0 Å². The predicted octanol–water partition coefficient (Wildman–Crippen LogP) is 3.82. The molecule has 0 saturated heterocycles. The third-order valence-corrected chi connectivity index (χ3v) is 5.16. The van der Waals surface area contributed by atoms with Crippen LogP contribution in [0.15, 0.2) is 11.3 Å². The maximum Gasteiger partial charge on any atom is 0.273 e. The molecular weight excluding hydrogens is 195 g/mol. The van der Waals surface area contributed by atoms with Gasteiger partial charge in [-0.15, -0.1) is 22.2 Å². The van der Waals surface area contributed by atoms with E-state index in [2.05, 4.69) is 13.0 Å². The van der Waals surface area contributed by atoms with Crippen LogP contribution in [-0.4, -0.2) is 6.69 Å². The summed E-state index contributed by atoms with van der Waals surface area (Å²) in [7, 11) is 0. The topological polar surface area (TPSA) is 0 Å². The fourth-order valence-corrected chi connectivity index (χ4v) is 3.63. The average Bonchev–Trinajstić information content (AvgIpc) is 1.86. The van der Waals surface area contributed by atoms with Crippen LogP contribution in [0.25, 0.3) is 0 Å². The second kappa shape index (κ2) is 3.50. The van der Waals surface area contributed by atoms with Crippen LogP contribution in [-0.2, 0) is 0 Å². The Bertz CT molecular complexity index is 169. The number of hydrogen-bond acceptors (Lipinski definition) is 0. The summed E-state index contributed by atoms with van der Waals surface area (Å²) in [5.74, 6) is 0.683. The monoisotopic (exact) mass is 208 g/mol. The van der Waals surface area contributed by atoms with E-state index in [1.165, 1.54) is 18.0 Å². The molecule has 0 bridgehead atoms. The van der Waals surface area contributed by atoms with Crippen molar-refractivity contribution in [3.05, 3.63) is 11.3 Å². The molecule has 0 aromatic heterocycles. The lowest BCUT2D eigenvalue weighted by molar-refractivity contribution is 0.578. The third kappa shape index (κ3) is 2.81. The second-order valence-electron chi connectivity index (χ2n) is 3.45. The molecule has 0 aromatic carbocycles. The number of hydrogen-bond donors (Lipinski definition) is 0. The van der Waals surface area contributed by atoms with Gasteiger partial charge >= 0.3 is 0 Å². The van der Waals surface area contributed by atoms with E-state index >= 15 is 0 Å². The standard InChI is InChI=1S/C8H14Cl2Si/c1-7-4-3-5-8(6-7)11(2,9)10/h6-7H,3-5H2,1-2H3. The van der Waals surface area contributed by atoms with Crippen LogP contribution in [0.1, 0.15) is 26.2 Å². The summed E-state index contributed by atoms with van der Waals surface area (Å²) in [5.41, 5.74) is 0. The molecule has 0 N–H and O–H groups in total. The highest BCUT2D eigenvalue weighted by molar-refractivity contribution is 7.48. The minimum Gasteiger partial charge on any atom is -0.140 e. The average molecular weight is 209 g/mol. The van der Waals surface area contributed by atoms with Crippen molar-refractivity contribution in [2.24, 2.45) is 5.92 Å². The lowest BCUT2D eigenvalue weighted by atomic mass is 9.98. The number of halogens is 2. The smallest absolute Gasteiger partial charge is 0.140 e. The molecule has 1 unspecified atom stereocenters. The molecule has 0 nitrogen and oxygen atoms in total. The van der Waals surface area contributed by atoms with Gasteiger partial charge in [0.05, 0.1) is 0 Å². The lowest BCUT2D eigenvalue weighted by Crippen LogP contribution is -2.20. The Kier molecular flexibility index (Phi) is 3.07. The minimum absolute atomic E-state index is 0.683. The highest BCUT2D eigenvalue weighted by Crippen LogP contribution is 2.33. The van der Waals surface area contributed by atoms with Crippen LogP contribution >= 0.6 is 22.2 Å². The fraction of sp³-hybridized carbons (Fsp3) is 0.750. The highest BCUT2D eigenvalue weighted by Gasteiger charge is 2.28. The normalized spacial score (nSPS) is 26.5. The van der Waals surface area contributed by atoms with E-state index < -0.39 is 6.69 Å². The first-order valence-corrected chi connectivity index (χ1v) is 8.61. The molecule has 1 aliphatic carbocycles. The van der Waals surface area contributed by atoms with Gasteiger partial charge in [0.15, 0.2) is 0 Å². The molecule has 0 aromatic rings. The Morgan fingerprint density at radius 2 is 2.18 bits per heavy atom. The van der Waals surface area contributed by atoms with Crippen molar-refractivity contribution in [2.45, 2.75) is 32.7 Å². The Morgan fingerprint density at radius 1 is 1.55 bits per heavy atom. The molecular formula is C8H14Cl2Si. The predicted molar refractivity (Wildman–Crippen MR) is 54.4 cm³/mol. The summed E-state index contributed by atoms with van der Waals surface area (Å²) in [6, 6.07) is 0. The van der Waals surface area contributed by atoms with Crippen molar-refractivity contribution in [3.8, 4) is 0 Å². The summed E-state index contributed by atoms with van der Waals surface area (Å²) in [6.45, 7) is 2.22. The van der Waals surface area contributed by atoms with Gasteiger partial charge in [-0.3, -0.25) is 0 Å². The van der Waals surface area contributed by atoms with E-state index in [4.69, 9.17) is 22.2 Å². The van der Waals surface area contributed by atoms with E-state index in [-0.39, 0.29) is 0 Å². The molecule has 64 valence electrons. The molecule has 0 amide bonds. The Morgan fingerprint density at radius 3 is 2.55 bits per heavy atom. The van der Waals surface area contributed by atoms with Gasteiger partial charge in [0, 0.05) is 0 Å². The van der Waals surface area contributed by atoms with Gasteiger partial charge in [-0.25, -0.2) is 0 Å². The first kappa shape index (κ1) is 9.62. The molecule has 0 saturated carbocycles. The van der Waals surface area contributed by atoms with E-state index in [1.54, 1.807) is 0 Å². The van der Waals surface area contributed by atoms with Gasteiger partial charge < -0.3 is 0 Å². The zero-order valence-corrected chi connectivity index (χ0v) is 9.54. The maximum atomic E-state index is 6.11. The van der Waals surface area contributed by atoms with E-state index in [9.17, 15) is 0 Å². The highest BCUT2D eigenvalue weighted by atomic mass is 35.7. The summed E-state index contributed by atoms with van der Waals surface area (Å²) >= 11 is 12.2. The quantitative estimate of drug-likeness (QED) is 0.455. The van der Waals surface area contributed by atoms with Crippen LogP contribution in [0.4, 0.5) is 0 Å². The van der Waals surface area contributed by atoms with Crippen LogP contribution in [0.5, 0.6) is 0 Å². The van der Waals surface area contributed by atoms with Crippen molar-refractivity contribution in [3.63, 3.8) is 0 Å². The fourth-order valence-electron chi connectivity index (χ4n) is 1.49. The number of rotatable bonds is 1. The largest absolute Gasteiger partial charge is 0.273 e. The second-order valence-corrected chi connectivity index (χ2v) is 11.0. The summed E-state index contributed by atoms with van der Waals surface area (Å²) in [4.78, 5) is 0. The summed E-state index contributed by atoms with van der Waals surface area (Å²) in [5, 5.41) is 1.33. The van der Waals surface area contributed by atoms with E-state index in [0.717, 1.165) is 6.42 Å². The minimum atomic E-state index is -1.99. The Labute approximate surface area is 79.0 Å². The molecule has 0 fully saturated rings. The first-order chi connectivity index (χ1) is 5.00. The van der Waals surface area contributed by atoms with Crippen LogP contribution < -0.4 is 0 Å². The molecule has 0 radical (unpaired) electrons. The zero-order valence-electron chi connectivity index (χ0n) is 7.03. The Hall–Kier alpha value is 0.537. The maximum absolute atomic E-state index is 6.11. The molecule has 0 heterocycles. The van der Waals surface area contributed by atoms with Crippen LogP contribution in [0.3, 0.4) is 0 Å². The van der Waals surface area contributed by atoms with Gasteiger partial charge in [0.1, 0.15) is 0 Å². The Balaban J connectivity index is 2.71. The molecule has 11 heavy (non-hydrogen) atoms. The molecule has 1 aliphatic rings. The summed E-state index contributed by atoms with van der Waals surface area (Å²) < 4.78 is 0. The van der Waals surface area contributed by atoms with Gasteiger partial charge in [-0.05, 0) is 31.7 Å². The molecule has 1 rings (SSSR count). The van der Waals surface area contributed by atoms with Gasteiger partial charge in [0.2, 0.25) is 0 Å². The molecule has 3 heteroatoms. The SMILES string of the molecule is CC1C=C([Si](C)(Cl)Cl)CCC1. The molecule has 1 atom stereocenters. The van der Waals surface area contributed by atoms with Crippen molar-refractivity contribution < 1.29 is 0 Å². The van der Waals surface area contributed by atoms with E-state index in [0.29, 0.717) is 5.92 Å².